The number of amidine groups is 1. The van der Waals surface area contributed by atoms with Crippen molar-refractivity contribution in [2.75, 3.05) is 6.54 Å². The number of hydrogen-bond donors (Lipinski definition) is 3. The zero-order valence-corrected chi connectivity index (χ0v) is 16.1. The maximum Gasteiger partial charge on any atom is 0.241 e. The Hall–Kier alpha value is -2.97. The number of benzene rings is 2. The van der Waals surface area contributed by atoms with Gasteiger partial charge in [0.2, 0.25) is 15.9 Å². The molecule has 0 unspecified atom stereocenters. The minimum absolute atomic E-state index is 0.0406. The number of nitrogens with two attached hydrogens (primary N) is 1. The van der Waals surface area contributed by atoms with Crippen LogP contribution in [0.25, 0.3) is 6.08 Å². The molecule has 8 heteroatoms. The van der Waals surface area contributed by atoms with Gasteiger partial charge in [-0.05, 0) is 29.7 Å². The molecule has 3 rings (SSSR count). The van der Waals surface area contributed by atoms with Gasteiger partial charge in [-0.15, -0.1) is 0 Å². The molecule has 28 heavy (non-hydrogen) atoms. The van der Waals surface area contributed by atoms with Gasteiger partial charge in [-0.1, -0.05) is 49.1 Å². The van der Waals surface area contributed by atoms with Crippen molar-refractivity contribution in [3.8, 4) is 0 Å². The Labute approximate surface area is 164 Å². The molecule has 146 valence electrons. The van der Waals surface area contributed by atoms with Crippen LogP contribution in [0.5, 0.6) is 0 Å². The van der Waals surface area contributed by atoms with Crippen molar-refractivity contribution in [3.63, 3.8) is 0 Å². The van der Waals surface area contributed by atoms with Gasteiger partial charge in [-0.25, -0.2) is 8.42 Å². The number of carbonyl (C=O) groups is 1. The van der Waals surface area contributed by atoms with Crippen LogP contribution in [0.3, 0.4) is 0 Å². The second-order valence-corrected chi connectivity index (χ2v) is 8.26. The molecule has 1 atom stereocenters. The largest absolute Gasteiger partial charge is 0.384 e. The Morgan fingerprint density at radius 2 is 2.04 bits per heavy atom. The topological polar surface area (TPSA) is 116 Å². The van der Waals surface area contributed by atoms with E-state index in [0.29, 0.717) is 30.6 Å². The van der Waals surface area contributed by atoms with Crippen LogP contribution in [0.2, 0.25) is 0 Å². The summed E-state index contributed by atoms with van der Waals surface area (Å²) < 4.78 is 28.0. The van der Waals surface area contributed by atoms with Gasteiger partial charge in [-0.3, -0.25) is 10.2 Å². The van der Waals surface area contributed by atoms with E-state index in [1.807, 2.05) is 6.07 Å². The SMILES string of the molecule is C=Cc1ccccc1S(=O)(=O)N[C@H]1CCN(Cc2cccc(C(=N)N)c2)C1=O. The van der Waals surface area contributed by atoms with Crippen molar-refractivity contribution >= 4 is 27.8 Å². The number of nitrogen functional groups attached to an aromatic ring is 1. The molecule has 0 saturated carbocycles. The van der Waals surface area contributed by atoms with E-state index in [1.165, 1.54) is 12.1 Å². The molecule has 1 aliphatic rings. The summed E-state index contributed by atoms with van der Waals surface area (Å²) in [7, 11) is -3.85. The van der Waals surface area contributed by atoms with Crippen molar-refractivity contribution in [2.24, 2.45) is 5.73 Å². The average molecular weight is 398 g/mol. The van der Waals surface area contributed by atoms with Gasteiger partial charge in [0.15, 0.2) is 0 Å². The van der Waals surface area contributed by atoms with E-state index in [-0.39, 0.29) is 16.6 Å². The third-order valence-electron chi connectivity index (χ3n) is 4.63. The summed E-state index contributed by atoms with van der Waals surface area (Å²) in [5, 5.41) is 7.52. The van der Waals surface area contributed by atoms with E-state index in [9.17, 15) is 13.2 Å². The minimum Gasteiger partial charge on any atom is -0.384 e. The zero-order chi connectivity index (χ0) is 20.3. The number of sulfonamides is 1. The van der Waals surface area contributed by atoms with Crippen LogP contribution in [0.1, 0.15) is 23.1 Å². The molecule has 1 fully saturated rings. The van der Waals surface area contributed by atoms with Crippen molar-refractivity contribution in [2.45, 2.75) is 23.9 Å². The number of nitrogens with zero attached hydrogens (tertiary/aromatic N) is 1. The van der Waals surface area contributed by atoms with E-state index in [2.05, 4.69) is 11.3 Å². The summed E-state index contributed by atoms with van der Waals surface area (Å²) >= 11 is 0. The predicted molar refractivity (Wildman–Crippen MR) is 108 cm³/mol. The second-order valence-electron chi connectivity index (χ2n) is 6.58. The van der Waals surface area contributed by atoms with Crippen LogP contribution < -0.4 is 10.5 Å². The molecule has 0 aliphatic carbocycles. The van der Waals surface area contributed by atoms with Crippen LogP contribution >= 0.6 is 0 Å². The first-order valence-electron chi connectivity index (χ1n) is 8.78. The highest BCUT2D eigenvalue weighted by Crippen LogP contribution is 2.21. The van der Waals surface area contributed by atoms with E-state index in [1.54, 1.807) is 41.3 Å². The number of nitrogens with one attached hydrogen (secondary N) is 2. The van der Waals surface area contributed by atoms with Gasteiger partial charge < -0.3 is 10.6 Å². The fraction of sp³-hybridized carbons (Fsp3) is 0.200. The molecule has 2 aromatic rings. The lowest BCUT2D eigenvalue weighted by atomic mass is 10.1. The minimum atomic E-state index is -3.85. The number of carbonyl (C=O) groups excluding carboxylic acids is 1. The fourth-order valence-electron chi connectivity index (χ4n) is 3.21. The number of likely N-dealkylation sites (tertiary alicyclic amines) is 1. The Morgan fingerprint density at radius 3 is 2.75 bits per heavy atom. The molecule has 1 heterocycles. The first-order valence-corrected chi connectivity index (χ1v) is 10.3. The van der Waals surface area contributed by atoms with E-state index in [0.717, 1.165) is 5.56 Å². The summed E-state index contributed by atoms with van der Waals surface area (Å²) in [5.41, 5.74) is 7.41. The Balaban J connectivity index is 1.73. The lowest BCUT2D eigenvalue weighted by Gasteiger charge is -2.18. The molecule has 0 aromatic heterocycles. The maximum atomic E-state index is 12.7. The van der Waals surface area contributed by atoms with E-state index in [4.69, 9.17) is 11.1 Å². The van der Waals surface area contributed by atoms with Crippen LogP contribution in [-0.2, 0) is 21.4 Å². The average Bonchev–Trinajstić information content (AvgIpc) is 3.01. The lowest BCUT2D eigenvalue weighted by Crippen LogP contribution is -2.41. The molecule has 0 bridgehead atoms. The molecule has 4 N–H and O–H groups in total. The molecular weight excluding hydrogens is 376 g/mol. The molecule has 7 nitrogen and oxygen atoms in total. The number of hydrogen-bond acceptors (Lipinski definition) is 4. The van der Waals surface area contributed by atoms with Gasteiger partial charge >= 0.3 is 0 Å². The van der Waals surface area contributed by atoms with E-state index < -0.39 is 16.1 Å². The first kappa shape index (κ1) is 19.8. The number of rotatable bonds is 7. The van der Waals surface area contributed by atoms with Crippen molar-refractivity contribution in [3.05, 3.63) is 71.8 Å². The first-order chi connectivity index (χ1) is 13.3. The van der Waals surface area contributed by atoms with Gasteiger partial charge in [0.05, 0.1) is 4.90 Å². The molecule has 0 radical (unpaired) electrons. The van der Waals surface area contributed by atoms with Gasteiger partial charge in [0.1, 0.15) is 11.9 Å². The van der Waals surface area contributed by atoms with Gasteiger partial charge in [-0.2, -0.15) is 4.72 Å². The smallest absolute Gasteiger partial charge is 0.241 e. The zero-order valence-electron chi connectivity index (χ0n) is 15.3. The standard InChI is InChI=1S/C20H22N4O3S/c1-2-15-7-3-4-9-18(15)28(26,27)23-17-10-11-24(20(17)25)13-14-6-5-8-16(12-14)19(21)22/h2-9,12,17,23H,1,10-11,13H2,(H3,21,22)/t17-/m0/s1. The normalized spacial score (nSPS) is 16.9. The van der Waals surface area contributed by atoms with E-state index >= 15 is 0 Å². The molecule has 0 spiro atoms. The fourth-order valence-corrected chi connectivity index (χ4v) is 4.65. The highest BCUT2D eigenvalue weighted by molar-refractivity contribution is 7.89. The lowest BCUT2D eigenvalue weighted by molar-refractivity contribution is -0.129. The summed E-state index contributed by atoms with van der Waals surface area (Å²) in [5.74, 6) is -0.311. The third-order valence-corrected chi connectivity index (χ3v) is 6.18. The van der Waals surface area contributed by atoms with Crippen molar-refractivity contribution in [1.82, 2.24) is 9.62 Å². The second kappa shape index (κ2) is 7.95. The molecule has 2 aromatic carbocycles. The van der Waals surface area contributed by atoms with Crippen LogP contribution in [0.15, 0.2) is 60.0 Å². The van der Waals surface area contributed by atoms with Gasteiger partial charge in [0.25, 0.3) is 0 Å². The Kier molecular flexibility index (Phi) is 5.62. The summed E-state index contributed by atoms with van der Waals surface area (Å²) in [6.45, 7) is 4.42. The Morgan fingerprint density at radius 1 is 1.29 bits per heavy atom. The quantitative estimate of drug-likeness (QED) is 0.486. The molecule has 1 amide bonds. The number of amides is 1. The Bertz CT molecular complexity index is 1030. The van der Waals surface area contributed by atoms with Crippen LogP contribution in [-0.4, -0.2) is 37.6 Å². The van der Waals surface area contributed by atoms with Crippen LogP contribution in [0, 0.1) is 5.41 Å². The summed E-state index contributed by atoms with van der Waals surface area (Å²) in [6, 6.07) is 12.8. The third kappa shape index (κ3) is 4.13. The maximum absolute atomic E-state index is 12.7. The van der Waals surface area contributed by atoms with Gasteiger partial charge in [0, 0.05) is 18.7 Å². The van der Waals surface area contributed by atoms with Crippen molar-refractivity contribution in [1.29, 1.82) is 5.41 Å². The predicted octanol–water partition coefficient (Wildman–Crippen LogP) is 1.69. The molecule has 1 saturated heterocycles. The highest BCUT2D eigenvalue weighted by Gasteiger charge is 2.35. The van der Waals surface area contributed by atoms with Crippen LogP contribution in [0.4, 0.5) is 0 Å². The highest BCUT2D eigenvalue weighted by atomic mass is 32.2. The molecular formula is C20H22N4O3S. The van der Waals surface area contributed by atoms with Crippen molar-refractivity contribution < 1.29 is 13.2 Å². The summed E-state index contributed by atoms with van der Waals surface area (Å²) in [6.07, 6.45) is 1.86. The monoisotopic (exact) mass is 398 g/mol. The molecule has 1 aliphatic heterocycles. The summed E-state index contributed by atoms with van der Waals surface area (Å²) in [4.78, 5) is 14.4.